The van der Waals surface area contributed by atoms with Gasteiger partial charge < -0.3 is 0 Å². The van der Waals surface area contributed by atoms with Crippen LogP contribution in [0.4, 0.5) is 0 Å². The van der Waals surface area contributed by atoms with E-state index < -0.39 is 0 Å². The molecule has 0 heterocycles. The first kappa shape index (κ1) is 14.0. The minimum absolute atomic E-state index is 1.06. The zero-order valence-electron chi connectivity index (χ0n) is 9.91. The molecule has 0 aliphatic heterocycles. The number of unbranched alkanes of at least 4 members (excludes halogenated alkanes) is 7. The quantitative estimate of drug-likeness (QED) is 0.302. The molecule has 1 nitrogen and oxygen atoms in total. The van der Waals surface area contributed by atoms with Gasteiger partial charge in [0, 0.05) is 6.08 Å². The van der Waals surface area contributed by atoms with Gasteiger partial charge in [-0.1, -0.05) is 43.9 Å². The average Bonchev–Trinajstić information content (AvgIpc) is 2.26. The fraction of sp³-hybridized carbons (Fsp3) is 0.643. The molecule has 0 aromatic carbocycles. The summed E-state index contributed by atoms with van der Waals surface area (Å²) < 4.78 is 0. The van der Waals surface area contributed by atoms with Crippen molar-refractivity contribution in [3.05, 3.63) is 24.3 Å². The van der Waals surface area contributed by atoms with Gasteiger partial charge >= 0.3 is 0 Å². The summed E-state index contributed by atoms with van der Waals surface area (Å²) in [5.41, 5.74) is 0. The van der Waals surface area contributed by atoms with Crippen molar-refractivity contribution in [3.8, 4) is 6.07 Å². The average molecular weight is 205 g/mol. The largest absolute Gasteiger partial charge is 0.193 e. The van der Waals surface area contributed by atoms with Gasteiger partial charge in [0.05, 0.1) is 6.07 Å². The highest BCUT2D eigenvalue weighted by atomic mass is 14.2. The third-order valence-electron chi connectivity index (χ3n) is 2.42. The highest BCUT2D eigenvalue weighted by Gasteiger charge is 1.89. The Balaban J connectivity index is 2.99. The van der Waals surface area contributed by atoms with Gasteiger partial charge in [0.15, 0.2) is 0 Å². The van der Waals surface area contributed by atoms with E-state index in [2.05, 4.69) is 19.1 Å². The summed E-state index contributed by atoms with van der Waals surface area (Å²) in [7, 11) is 0. The summed E-state index contributed by atoms with van der Waals surface area (Å²) in [6.45, 7) is 2.08. The van der Waals surface area contributed by atoms with Gasteiger partial charge in [0.1, 0.15) is 0 Å². The molecular weight excluding hydrogens is 182 g/mol. The van der Waals surface area contributed by atoms with Gasteiger partial charge in [0.25, 0.3) is 0 Å². The first-order chi connectivity index (χ1) is 7.41. The van der Waals surface area contributed by atoms with E-state index >= 15 is 0 Å². The number of nitrogens with zero attached hydrogens (tertiary/aromatic N) is 1. The van der Waals surface area contributed by atoms with E-state index in [4.69, 9.17) is 5.26 Å². The van der Waals surface area contributed by atoms with Crippen LogP contribution < -0.4 is 0 Å². The predicted octanol–water partition coefficient (Wildman–Crippen LogP) is 4.76. The lowest BCUT2D eigenvalue weighted by atomic mass is 10.1. The van der Waals surface area contributed by atoms with Gasteiger partial charge in [-0.2, -0.15) is 5.26 Å². The molecule has 0 radical (unpaired) electrons. The molecule has 0 aliphatic rings. The number of allylic oxidation sites excluding steroid dienone is 4. The number of hydrogen-bond donors (Lipinski definition) is 0. The third kappa shape index (κ3) is 13.0. The van der Waals surface area contributed by atoms with Crippen LogP contribution in [0.3, 0.4) is 0 Å². The van der Waals surface area contributed by atoms with Crippen molar-refractivity contribution in [2.45, 2.75) is 58.3 Å². The molecule has 0 saturated carbocycles. The third-order valence-corrected chi connectivity index (χ3v) is 2.42. The van der Waals surface area contributed by atoms with E-state index in [1.807, 2.05) is 12.1 Å². The summed E-state index contributed by atoms with van der Waals surface area (Å²) in [5, 5.41) is 8.27. The van der Waals surface area contributed by atoms with Crippen LogP contribution in [0.15, 0.2) is 24.3 Å². The van der Waals surface area contributed by atoms with Crippen molar-refractivity contribution >= 4 is 0 Å². The fourth-order valence-corrected chi connectivity index (χ4v) is 1.53. The second kappa shape index (κ2) is 13.0. The zero-order valence-corrected chi connectivity index (χ0v) is 9.91. The molecule has 0 aliphatic carbocycles. The van der Waals surface area contributed by atoms with Crippen molar-refractivity contribution in [1.29, 1.82) is 5.26 Å². The number of nitriles is 1. The van der Waals surface area contributed by atoms with Crippen LogP contribution in [-0.4, -0.2) is 0 Å². The second-order valence-corrected chi connectivity index (χ2v) is 3.80. The van der Waals surface area contributed by atoms with Crippen molar-refractivity contribution in [1.82, 2.24) is 0 Å². The van der Waals surface area contributed by atoms with E-state index in [1.54, 1.807) is 6.08 Å². The number of hydrogen-bond acceptors (Lipinski definition) is 1. The molecule has 0 atom stereocenters. The Morgan fingerprint density at radius 2 is 1.40 bits per heavy atom. The van der Waals surface area contributed by atoms with Crippen LogP contribution in [0.2, 0.25) is 0 Å². The summed E-state index contributed by atoms with van der Waals surface area (Å²) in [6, 6.07) is 2.01. The fourth-order valence-electron chi connectivity index (χ4n) is 1.53. The molecule has 0 unspecified atom stereocenters. The van der Waals surface area contributed by atoms with E-state index in [-0.39, 0.29) is 0 Å². The van der Waals surface area contributed by atoms with Gasteiger partial charge in [0.2, 0.25) is 0 Å². The summed E-state index contributed by atoms with van der Waals surface area (Å²) in [4.78, 5) is 0. The van der Waals surface area contributed by atoms with E-state index in [1.165, 1.54) is 44.9 Å². The highest BCUT2D eigenvalue weighted by Crippen LogP contribution is 2.09. The first-order valence-corrected chi connectivity index (χ1v) is 6.07. The highest BCUT2D eigenvalue weighted by molar-refractivity contribution is 5.01. The monoisotopic (exact) mass is 205 g/mol. The smallest absolute Gasteiger partial charge is 0.0908 e. The molecule has 0 spiro atoms. The van der Waals surface area contributed by atoms with Gasteiger partial charge in [-0.05, 0) is 32.6 Å². The van der Waals surface area contributed by atoms with E-state index in [9.17, 15) is 0 Å². The molecule has 0 N–H and O–H groups in total. The Morgan fingerprint density at radius 1 is 0.867 bits per heavy atom. The Morgan fingerprint density at radius 3 is 1.93 bits per heavy atom. The Labute approximate surface area is 94.5 Å². The molecule has 0 aromatic rings. The minimum Gasteiger partial charge on any atom is -0.193 e. The van der Waals surface area contributed by atoms with Crippen molar-refractivity contribution in [2.75, 3.05) is 0 Å². The summed E-state index contributed by atoms with van der Waals surface area (Å²) in [5.74, 6) is 0. The van der Waals surface area contributed by atoms with Crippen LogP contribution in [0.1, 0.15) is 58.3 Å². The summed E-state index contributed by atoms with van der Waals surface area (Å²) in [6.07, 6.45) is 18.1. The normalized spacial score (nSPS) is 11.2. The molecule has 0 fully saturated rings. The first-order valence-electron chi connectivity index (χ1n) is 6.07. The number of rotatable bonds is 9. The molecule has 0 amide bonds. The molecule has 0 bridgehead atoms. The van der Waals surface area contributed by atoms with Crippen LogP contribution in [0.25, 0.3) is 0 Å². The van der Waals surface area contributed by atoms with Crippen molar-refractivity contribution in [2.24, 2.45) is 0 Å². The van der Waals surface area contributed by atoms with Gasteiger partial charge in [-0.25, -0.2) is 0 Å². The topological polar surface area (TPSA) is 23.8 Å². The predicted molar refractivity (Wildman–Crippen MR) is 66.5 cm³/mol. The molecule has 0 rings (SSSR count). The van der Waals surface area contributed by atoms with Gasteiger partial charge in [-0.15, -0.1) is 0 Å². The summed E-state index contributed by atoms with van der Waals surface area (Å²) >= 11 is 0. The van der Waals surface area contributed by atoms with Crippen LogP contribution in [0.5, 0.6) is 0 Å². The van der Waals surface area contributed by atoms with Gasteiger partial charge in [-0.3, -0.25) is 0 Å². The standard InChI is InChI=1S/C14H23N/c1-2-3-4-5-6-7-8-9-10-11-12-13-14-15/h2-3,12-13H,4-11H2,1H3. The Kier molecular flexibility index (Phi) is 12.1. The van der Waals surface area contributed by atoms with Crippen molar-refractivity contribution < 1.29 is 0 Å². The minimum atomic E-state index is 1.06. The maximum atomic E-state index is 8.27. The maximum Gasteiger partial charge on any atom is 0.0908 e. The van der Waals surface area contributed by atoms with E-state index in [0.717, 1.165) is 6.42 Å². The molecule has 1 heteroatoms. The molecule has 0 saturated heterocycles. The molecule has 84 valence electrons. The molecule has 15 heavy (non-hydrogen) atoms. The Hall–Kier alpha value is -1.03. The second-order valence-electron chi connectivity index (χ2n) is 3.80. The molecule has 0 aromatic heterocycles. The van der Waals surface area contributed by atoms with Crippen LogP contribution in [-0.2, 0) is 0 Å². The van der Waals surface area contributed by atoms with Crippen LogP contribution in [0, 0.1) is 11.3 Å². The zero-order chi connectivity index (χ0) is 11.2. The SMILES string of the molecule is CC=CCCCCCCCCC=CC#N. The van der Waals surface area contributed by atoms with E-state index in [0.29, 0.717) is 0 Å². The Bertz CT molecular complexity index is 208. The lowest BCUT2D eigenvalue weighted by Gasteiger charge is -1.98. The molecular formula is C14H23N. The van der Waals surface area contributed by atoms with Crippen molar-refractivity contribution in [3.63, 3.8) is 0 Å². The van der Waals surface area contributed by atoms with Crippen LogP contribution >= 0.6 is 0 Å². The lowest BCUT2D eigenvalue weighted by molar-refractivity contribution is 0.600. The lowest BCUT2D eigenvalue weighted by Crippen LogP contribution is -1.79. The maximum absolute atomic E-state index is 8.27.